The molecule has 3 rings (SSSR count). The van der Waals surface area contributed by atoms with E-state index in [1.807, 2.05) is 54.6 Å². The summed E-state index contributed by atoms with van der Waals surface area (Å²) >= 11 is 0. The van der Waals surface area contributed by atoms with Gasteiger partial charge in [0.1, 0.15) is 12.4 Å². The Kier molecular flexibility index (Phi) is 7.26. The van der Waals surface area contributed by atoms with Crippen LogP contribution >= 0.6 is 0 Å². The standard InChI is InChI=1S/C24H30N2O2/c1-19(2)12-15-26-16-13-22(14-17-26)25-24(27)21-8-10-23(11-9-21)28-18-20-6-4-3-5-7-20/h3-12,22H,13-18H2,1-2H3,(H,25,27). The minimum atomic E-state index is -0.00245. The van der Waals surface area contributed by atoms with E-state index >= 15 is 0 Å². The van der Waals surface area contributed by atoms with Crippen molar-refractivity contribution < 1.29 is 9.53 Å². The molecule has 148 valence electrons. The molecule has 1 aliphatic heterocycles. The lowest BCUT2D eigenvalue weighted by atomic mass is 10.0. The Morgan fingerprint density at radius 1 is 1.07 bits per heavy atom. The minimum Gasteiger partial charge on any atom is -0.489 e. The summed E-state index contributed by atoms with van der Waals surface area (Å²) in [6, 6.07) is 17.7. The topological polar surface area (TPSA) is 41.6 Å². The van der Waals surface area contributed by atoms with E-state index in [2.05, 4.69) is 30.1 Å². The molecule has 1 amide bonds. The summed E-state index contributed by atoms with van der Waals surface area (Å²) in [6.45, 7) is 7.85. The molecule has 1 N–H and O–H groups in total. The van der Waals surface area contributed by atoms with Gasteiger partial charge in [0.25, 0.3) is 5.91 Å². The number of hydrogen-bond acceptors (Lipinski definition) is 3. The fraction of sp³-hybridized carbons (Fsp3) is 0.375. The number of likely N-dealkylation sites (tertiary alicyclic amines) is 1. The number of rotatable bonds is 7. The second-order valence-electron chi connectivity index (χ2n) is 7.63. The molecule has 0 aliphatic carbocycles. The van der Waals surface area contributed by atoms with Crippen molar-refractivity contribution in [1.82, 2.24) is 10.2 Å². The van der Waals surface area contributed by atoms with Gasteiger partial charge in [-0.3, -0.25) is 9.69 Å². The van der Waals surface area contributed by atoms with Crippen molar-refractivity contribution in [2.45, 2.75) is 39.3 Å². The first kappa shape index (κ1) is 20.2. The van der Waals surface area contributed by atoms with Crippen LogP contribution in [0.5, 0.6) is 5.75 Å². The molecule has 1 aliphatic rings. The zero-order valence-electron chi connectivity index (χ0n) is 16.9. The monoisotopic (exact) mass is 378 g/mol. The first-order valence-electron chi connectivity index (χ1n) is 10.0. The van der Waals surface area contributed by atoms with Crippen molar-refractivity contribution in [2.75, 3.05) is 19.6 Å². The van der Waals surface area contributed by atoms with Crippen molar-refractivity contribution in [1.29, 1.82) is 0 Å². The van der Waals surface area contributed by atoms with Crippen LogP contribution in [0.15, 0.2) is 66.2 Å². The van der Waals surface area contributed by atoms with Gasteiger partial charge in [0.2, 0.25) is 0 Å². The summed E-state index contributed by atoms with van der Waals surface area (Å²) in [4.78, 5) is 15.0. The Balaban J connectivity index is 1.44. The van der Waals surface area contributed by atoms with Crippen LogP contribution in [0.4, 0.5) is 0 Å². The number of amides is 1. The number of benzene rings is 2. The average Bonchev–Trinajstić information content (AvgIpc) is 2.73. The predicted molar refractivity (Wildman–Crippen MR) is 114 cm³/mol. The van der Waals surface area contributed by atoms with Crippen molar-refractivity contribution in [3.63, 3.8) is 0 Å². The first-order valence-corrected chi connectivity index (χ1v) is 10.0. The van der Waals surface area contributed by atoms with E-state index < -0.39 is 0 Å². The first-order chi connectivity index (χ1) is 13.6. The highest BCUT2D eigenvalue weighted by Crippen LogP contribution is 2.16. The number of ether oxygens (including phenoxy) is 1. The van der Waals surface area contributed by atoms with Crippen LogP contribution in [-0.4, -0.2) is 36.5 Å². The second kappa shape index (κ2) is 10.1. The molecular formula is C24H30N2O2. The fourth-order valence-electron chi connectivity index (χ4n) is 3.28. The van der Waals surface area contributed by atoms with Gasteiger partial charge in [-0.15, -0.1) is 0 Å². The molecule has 0 unspecified atom stereocenters. The maximum Gasteiger partial charge on any atom is 0.251 e. The van der Waals surface area contributed by atoms with Crippen molar-refractivity contribution >= 4 is 5.91 Å². The summed E-state index contributed by atoms with van der Waals surface area (Å²) in [5.74, 6) is 0.769. The van der Waals surface area contributed by atoms with Crippen LogP contribution in [-0.2, 0) is 6.61 Å². The third-order valence-electron chi connectivity index (χ3n) is 5.05. The zero-order chi connectivity index (χ0) is 19.8. The molecule has 2 aromatic carbocycles. The van der Waals surface area contributed by atoms with E-state index in [-0.39, 0.29) is 11.9 Å². The van der Waals surface area contributed by atoms with E-state index in [1.165, 1.54) is 5.57 Å². The van der Waals surface area contributed by atoms with E-state index in [9.17, 15) is 4.79 Å². The van der Waals surface area contributed by atoms with Gasteiger partial charge in [-0.05, 0) is 56.5 Å². The molecule has 0 bridgehead atoms. The number of carbonyl (C=O) groups excluding carboxylic acids is 1. The zero-order valence-corrected chi connectivity index (χ0v) is 16.9. The number of allylic oxidation sites excluding steroid dienone is 1. The Morgan fingerprint density at radius 3 is 2.39 bits per heavy atom. The van der Waals surface area contributed by atoms with E-state index in [4.69, 9.17) is 4.74 Å². The number of piperidine rings is 1. The van der Waals surface area contributed by atoms with Crippen LogP contribution in [0.3, 0.4) is 0 Å². The SMILES string of the molecule is CC(C)=CCN1CCC(NC(=O)c2ccc(OCc3ccccc3)cc2)CC1. The van der Waals surface area contributed by atoms with E-state index in [0.29, 0.717) is 12.2 Å². The quantitative estimate of drug-likeness (QED) is 0.725. The number of carbonyl (C=O) groups is 1. The highest BCUT2D eigenvalue weighted by atomic mass is 16.5. The lowest BCUT2D eigenvalue weighted by Gasteiger charge is -2.31. The largest absolute Gasteiger partial charge is 0.489 e. The lowest BCUT2D eigenvalue weighted by molar-refractivity contribution is 0.0914. The summed E-state index contributed by atoms with van der Waals surface area (Å²) in [5.41, 5.74) is 3.16. The Morgan fingerprint density at radius 2 is 1.75 bits per heavy atom. The van der Waals surface area contributed by atoms with E-state index in [0.717, 1.165) is 43.8 Å². The average molecular weight is 379 g/mol. The molecule has 4 nitrogen and oxygen atoms in total. The van der Waals surface area contributed by atoms with Gasteiger partial charge in [0.05, 0.1) is 0 Å². The van der Waals surface area contributed by atoms with Gasteiger partial charge in [-0.2, -0.15) is 0 Å². The van der Waals surface area contributed by atoms with Crippen molar-refractivity contribution in [2.24, 2.45) is 0 Å². The number of hydrogen-bond donors (Lipinski definition) is 1. The molecule has 1 heterocycles. The van der Waals surface area contributed by atoms with E-state index in [1.54, 1.807) is 0 Å². The number of nitrogens with zero attached hydrogens (tertiary/aromatic N) is 1. The molecule has 28 heavy (non-hydrogen) atoms. The molecule has 0 aromatic heterocycles. The van der Waals surface area contributed by atoms with Crippen molar-refractivity contribution in [3.05, 3.63) is 77.4 Å². The maximum atomic E-state index is 12.5. The van der Waals surface area contributed by atoms with Crippen molar-refractivity contribution in [3.8, 4) is 5.75 Å². The van der Waals surface area contributed by atoms with Crippen LogP contribution in [0.1, 0.15) is 42.6 Å². The molecule has 0 spiro atoms. The van der Waals surface area contributed by atoms with Gasteiger partial charge in [0.15, 0.2) is 0 Å². The molecule has 4 heteroatoms. The fourth-order valence-corrected chi connectivity index (χ4v) is 3.28. The van der Waals surface area contributed by atoms with Gasteiger partial charge in [-0.25, -0.2) is 0 Å². The Hall–Kier alpha value is -2.59. The summed E-state index contributed by atoms with van der Waals surface area (Å²) in [6.07, 6.45) is 4.27. The van der Waals surface area contributed by atoms with Crippen LogP contribution < -0.4 is 10.1 Å². The van der Waals surface area contributed by atoms with Crippen LogP contribution in [0.2, 0.25) is 0 Å². The molecule has 0 saturated carbocycles. The lowest BCUT2D eigenvalue weighted by Crippen LogP contribution is -2.44. The van der Waals surface area contributed by atoms with Gasteiger partial charge >= 0.3 is 0 Å². The predicted octanol–water partition coefficient (Wildman–Crippen LogP) is 4.43. The smallest absolute Gasteiger partial charge is 0.251 e. The normalized spacial score (nSPS) is 15.1. The van der Waals surface area contributed by atoms with Gasteiger partial charge < -0.3 is 10.1 Å². The molecule has 0 radical (unpaired) electrons. The molecule has 1 fully saturated rings. The highest BCUT2D eigenvalue weighted by molar-refractivity contribution is 5.94. The maximum absolute atomic E-state index is 12.5. The summed E-state index contributed by atoms with van der Waals surface area (Å²) < 4.78 is 5.79. The molecule has 2 aromatic rings. The van der Waals surface area contributed by atoms with Crippen LogP contribution in [0.25, 0.3) is 0 Å². The Bertz CT molecular complexity index is 772. The Labute approximate surface area is 168 Å². The highest BCUT2D eigenvalue weighted by Gasteiger charge is 2.20. The molecule has 0 atom stereocenters. The summed E-state index contributed by atoms with van der Waals surface area (Å²) in [5, 5.41) is 3.18. The van der Waals surface area contributed by atoms with Crippen LogP contribution in [0, 0.1) is 0 Å². The molecular weight excluding hydrogens is 348 g/mol. The van der Waals surface area contributed by atoms with Gasteiger partial charge in [-0.1, -0.05) is 42.0 Å². The molecule has 1 saturated heterocycles. The van der Waals surface area contributed by atoms with Gasteiger partial charge in [0, 0.05) is 31.2 Å². The number of nitrogens with one attached hydrogen (secondary N) is 1. The third kappa shape index (κ3) is 6.24. The third-order valence-corrected chi connectivity index (χ3v) is 5.05. The summed E-state index contributed by atoms with van der Waals surface area (Å²) in [7, 11) is 0. The minimum absolute atomic E-state index is 0.00245. The second-order valence-corrected chi connectivity index (χ2v) is 7.63.